The third-order valence-electron chi connectivity index (χ3n) is 4.13. The van der Waals surface area contributed by atoms with Crippen LogP contribution in [0.25, 0.3) is 10.6 Å². The predicted octanol–water partition coefficient (Wildman–Crippen LogP) is 3.79. The molecular weight excluding hydrogens is 294 g/mol. The maximum atomic E-state index is 12.0. The maximum Gasteiger partial charge on any atom is 0.220 e. The molecule has 1 fully saturated rings. The second-order valence-corrected chi connectivity index (χ2v) is 6.73. The highest BCUT2D eigenvalue weighted by molar-refractivity contribution is 7.13. The molecule has 1 aliphatic rings. The molecule has 0 atom stereocenters. The van der Waals surface area contributed by atoms with Crippen molar-refractivity contribution in [3.63, 3.8) is 0 Å². The van der Waals surface area contributed by atoms with Crippen LogP contribution in [0.1, 0.15) is 44.2 Å². The summed E-state index contributed by atoms with van der Waals surface area (Å²) in [7, 11) is 0. The number of carbonyl (C=O) groups excluding carboxylic acids is 1. The van der Waals surface area contributed by atoms with Crippen molar-refractivity contribution in [1.29, 1.82) is 0 Å². The van der Waals surface area contributed by atoms with Crippen molar-refractivity contribution in [2.45, 2.75) is 45.1 Å². The van der Waals surface area contributed by atoms with Crippen LogP contribution in [0.15, 0.2) is 29.9 Å². The number of pyridine rings is 1. The van der Waals surface area contributed by atoms with E-state index in [1.165, 1.54) is 32.1 Å². The Morgan fingerprint density at radius 3 is 2.95 bits per heavy atom. The van der Waals surface area contributed by atoms with E-state index in [9.17, 15) is 4.79 Å². The largest absolute Gasteiger partial charge is 0.350 e. The molecule has 2 aromatic rings. The number of rotatable bonds is 5. The monoisotopic (exact) mass is 315 g/mol. The molecule has 0 aromatic carbocycles. The van der Waals surface area contributed by atoms with Crippen LogP contribution in [0.4, 0.5) is 0 Å². The van der Waals surface area contributed by atoms with Gasteiger partial charge >= 0.3 is 0 Å². The molecule has 4 nitrogen and oxygen atoms in total. The summed E-state index contributed by atoms with van der Waals surface area (Å²) in [5.74, 6) is 0.734. The predicted molar refractivity (Wildman–Crippen MR) is 88.4 cm³/mol. The van der Waals surface area contributed by atoms with Crippen molar-refractivity contribution in [1.82, 2.24) is 15.3 Å². The highest BCUT2D eigenvalue weighted by Gasteiger charge is 2.17. The topological polar surface area (TPSA) is 54.9 Å². The molecule has 2 heterocycles. The molecule has 1 N–H and O–H groups in total. The first-order chi connectivity index (χ1) is 10.8. The van der Waals surface area contributed by atoms with Crippen molar-refractivity contribution in [3.8, 4) is 10.6 Å². The highest BCUT2D eigenvalue weighted by atomic mass is 32.1. The van der Waals surface area contributed by atoms with Gasteiger partial charge in [0.25, 0.3) is 0 Å². The Labute approximate surface area is 135 Å². The van der Waals surface area contributed by atoms with E-state index in [0.29, 0.717) is 18.9 Å². The number of aromatic nitrogens is 2. The Morgan fingerprint density at radius 1 is 1.32 bits per heavy atom. The van der Waals surface area contributed by atoms with Gasteiger partial charge in [-0.05, 0) is 30.9 Å². The molecule has 3 rings (SSSR count). The van der Waals surface area contributed by atoms with Gasteiger partial charge < -0.3 is 5.32 Å². The minimum Gasteiger partial charge on any atom is -0.350 e. The second kappa shape index (κ2) is 7.49. The molecule has 0 unspecified atom stereocenters. The van der Waals surface area contributed by atoms with Gasteiger partial charge in [-0.25, -0.2) is 4.98 Å². The Kier molecular flexibility index (Phi) is 5.16. The Hall–Kier alpha value is -1.75. The summed E-state index contributed by atoms with van der Waals surface area (Å²) < 4.78 is 0. The fourth-order valence-corrected chi connectivity index (χ4v) is 3.74. The lowest BCUT2D eigenvalue weighted by molar-refractivity contribution is -0.122. The maximum absolute atomic E-state index is 12.0. The molecule has 5 heteroatoms. The molecule has 0 aliphatic heterocycles. The van der Waals surface area contributed by atoms with Crippen LogP contribution in [0.2, 0.25) is 0 Å². The normalized spacial score (nSPS) is 15.6. The van der Waals surface area contributed by atoms with E-state index in [1.807, 2.05) is 23.7 Å². The Morgan fingerprint density at radius 2 is 2.18 bits per heavy atom. The van der Waals surface area contributed by atoms with Crippen molar-refractivity contribution in [2.24, 2.45) is 5.92 Å². The van der Waals surface area contributed by atoms with Crippen LogP contribution < -0.4 is 5.32 Å². The third-order valence-corrected chi connectivity index (χ3v) is 5.07. The van der Waals surface area contributed by atoms with Gasteiger partial charge in [-0.1, -0.05) is 19.3 Å². The quantitative estimate of drug-likeness (QED) is 0.913. The van der Waals surface area contributed by atoms with E-state index < -0.39 is 0 Å². The van der Waals surface area contributed by atoms with E-state index in [4.69, 9.17) is 0 Å². The van der Waals surface area contributed by atoms with Crippen LogP contribution in [0.5, 0.6) is 0 Å². The molecule has 22 heavy (non-hydrogen) atoms. The van der Waals surface area contributed by atoms with Crippen molar-refractivity contribution in [3.05, 3.63) is 35.6 Å². The molecule has 0 radical (unpaired) electrons. The number of nitrogens with one attached hydrogen (secondary N) is 1. The average Bonchev–Trinajstić information content (AvgIpc) is 3.04. The summed E-state index contributed by atoms with van der Waals surface area (Å²) in [6.07, 6.45) is 10.5. The van der Waals surface area contributed by atoms with Gasteiger partial charge in [0.1, 0.15) is 5.01 Å². The lowest BCUT2D eigenvalue weighted by Crippen LogP contribution is -2.26. The lowest BCUT2D eigenvalue weighted by Gasteiger charge is -2.20. The molecule has 0 spiro atoms. The Balaban J connectivity index is 1.49. The van der Waals surface area contributed by atoms with Crippen LogP contribution in [0, 0.1) is 5.92 Å². The second-order valence-electron chi connectivity index (χ2n) is 5.87. The SMILES string of the molecule is O=C(CC1CCCCC1)NCc1csc(-c2cccnc2)n1. The highest BCUT2D eigenvalue weighted by Crippen LogP contribution is 2.26. The number of hydrogen-bond donors (Lipinski definition) is 1. The minimum absolute atomic E-state index is 0.155. The summed E-state index contributed by atoms with van der Waals surface area (Å²) in [5.41, 5.74) is 1.94. The van der Waals surface area contributed by atoms with Gasteiger partial charge in [0.2, 0.25) is 5.91 Å². The zero-order chi connectivity index (χ0) is 15.2. The number of thiazole rings is 1. The van der Waals surface area contributed by atoms with Crippen LogP contribution in [-0.4, -0.2) is 15.9 Å². The molecule has 116 valence electrons. The summed E-state index contributed by atoms with van der Waals surface area (Å²) in [5, 5.41) is 5.95. The molecule has 2 aromatic heterocycles. The summed E-state index contributed by atoms with van der Waals surface area (Å²) in [4.78, 5) is 20.7. The van der Waals surface area contributed by atoms with Gasteiger partial charge in [0, 0.05) is 29.8 Å². The molecule has 0 bridgehead atoms. The van der Waals surface area contributed by atoms with Crippen LogP contribution in [0.3, 0.4) is 0 Å². The minimum atomic E-state index is 0.155. The van der Waals surface area contributed by atoms with Crippen LogP contribution >= 0.6 is 11.3 Å². The summed E-state index contributed by atoms with van der Waals surface area (Å²) >= 11 is 1.59. The first-order valence-electron chi connectivity index (χ1n) is 7.93. The summed E-state index contributed by atoms with van der Waals surface area (Å²) in [6, 6.07) is 3.90. The van der Waals surface area contributed by atoms with Gasteiger partial charge in [0.15, 0.2) is 0 Å². The number of carbonyl (C=O) groups is 1. The number of amides is 1. The molecule has 1 saturated carbocycles. The van der Waals surface area contributed by atoms with Crippen molar-refractivity contribution >= 4 is 17.2 Å². The zero-order valence-electron chi connectivity index (χ0n) is 12.6. The van der Waals surface area contributed by atoms with Gasteiger partial charge in [-0.2, -0.15) is 0 Å². The summed E-state index contributed by atoms with van der Waals surface area (Å²) in [6.45, 7) is 0.516. The Bertz CT molecular complexity index is 605. The van der Waals surface area contributed by atoms with E-state index in [2.05, 4.69) is 15.3 Å². The van der Waals surface area contributed by atoms with Crippen molar-refractivity contribution < 1.29 is 4.79 Å². The number of nitrogens with zero attached hydrogens (tertiary/aromatic N) is 2. The lowest BCUT2D eigenvalue weighted by atomic mass is 9.87. The average molecular weight is 315 g/mol. The van der Waals surface area contributed by atoms with Crippen molar-refractivity contribution in [2.75, 3.05) is 0 Å². The van der Waals surface area contributed by atoms with Crippen LogP contribution in [-0.2, 0) is 11.3 Å². The van der Waals surface area contributed by atoms with Gasteiger partial charge in [0.05, 0.1) is 12.2 Å². The fourth-order valence-electron chi connectivity index (χ4n) is 2.92. The standard InChI is InChI=1S/C17H21N3OS/c21-16(9-13-5-2-1-3-6-13)19-11-15-12-22-17(20-15)14-7-4-8-18-10-14/h4,7-8,10,12-13H,1-3,5-6,9,11H2,(H,19,21). The first-order valence-corrected chi connectivity index (χ1v) is 8.81. The molecule has 0 saturated heterocycles. The fraction of sp³-hybridized carbons (Fsp3) is 0.471. The van der Waals surface area contributed by atoms with E-state index >= 15 is 0 Å². The van der Waals surface area contributed by atoms with Gasteiger partial charge in [-0.15, -0.1) is 11.3 Å². The molecular formula is C17H21N3OS. The van der Waals surface area contributed by atoms with Gasteiger partial charge in [-0.3, -0.25) is 9.78 Å². The molecule has 1 amide bonds. The molecule has 1 aliphatic carbocycles. The zero-order valence-corrected chi connectivity index (χ0v) is 13.4. The van der Waals surface area contributed by atoms with E-state index in [-0.39, 0.29) is 5.91 Å². The smallest absolute Gasteiger partial charge is 0.220 e. The number of hydrogen-bond acceptors (Lipinski definition) is 4. The van der Waals surface area contributed by atoms with E-state index in [0.717, 1.165) is 16.3 Å². The van der Waals surface area contributed by atoms with E-state index in [1.54, 1.807) is 17.5 Å². The first kappa shape index (κ1) is 15.2. The third kappa shape index (κ3) is 4.13.